The van der Waals surface area contributed by atoms with Crippen LogP contribution in [0.5, 0.6) is 5.75 Å². The Bertz CT molecular complexity index is 534. The van der Waals surface area contributed by atoms with Gasteiger partial charge in [0.05, 0.1) is 0 Å². The van der Waals surface area contributed by atoms with Crippen LogP contribution < -0.4 is 4.74 Å². The first-order valence-electron chi connectivity index (χ1n) is 6.61. The van der Waals surface area contributed by atoms with Crippen molar-refractivity contribution in [3.63, 3.8) is 0 Å². The van der Waals surface area contributed by atoms with Gasteiger partial charge in [0.2, 0.25) is 0 Å². The summed E-state index contributed by atoms with van der Waals surface area (Å²) in [7, 11) is 0. The maximum atomic E-state index is 5.56. The molecule has 0 aliphatic heterocycles. The van der Waals surface area contributed by atoms with Crippen molar-refractivity contribution in [2.75, 3.05) is 6.61 Å². The molecule has 1 atom stereocenters. The van der Waals surface area contributed by atoms with Crippen LogP contribution in [-0.2, 0) is 0 Å². The SMILES string of the molecule is CC[C@@H](C#CCOc1ccccc1)c1ccccc1. The molecule has 0 bridgehead atoms. The van der Waals surface area contributed by atoms with Gasteiger partial charge in [-0.05, 0) is 24.1 Å². The van der Waals surface area contributed by atoms with Gasteiger partial charge in [0.15, 0.2) is 0 Å². The fraction of sp³-hybridized carbons (Fsp3) is 0.222. The van der Waals surface area contributed by atoms with Gasteiger partial charge in [-0.25, -0.2) is 0 Å². The van der Waals surface area contributed by atoms with Crippen molar-refractivity contribution in [1.29, 1.82) is 0 Å². The molecule has 1 nitrogen and oxygen atoms in total. The van der Waals surface area contributed by atoms with E-state index in [2.05, 4.69) is 43.0 Å². The minimum Gasteiger partial charge on any atom is -0.481 e. The lowest BCUT2D eigenvalue weighted by atomic mass is 9.97. The first-order valence-corrected chi connectivity index (χ1v) is 6.61. The molecule has 0 saturated carbocycles. The Labute approximate surface area is 115 Å². The summed E-state index contributed by atoms with van der Waals surface area (Å²) in [5.74, 6) is 7.55. The fourth-order valence-electron chi connectivity index (χ4n) is 1.91. The van der Waals surface area contributed by atoms with Crippen molar-refractivity contribution in [3.8, 4) is 17.6 Å². The van der Waals surface area contributed by atoms with Crippen molar-refractivity contribution >= 4 is 0 Å². The van der Waals surface area contributed by atoms with Gasteiger partial charge in [-0.3, -0.25) is 0 Å². The molecule has 0 amide bonds. The molecule has 96 valence electrons. The number of para-hydroxylation sites is 1. The van der Waals surface area contributed by atoms with Crippen LogP contribution in [0.4, 0.5) is 0 Å². The van der Waals surface area contributed by atoms with E-state index < -0.39 is 0 Å². The number of rotatable bonds is 4. The highest BCUT2D eigenvalue weighted by atomic mass is 16.5. The molecule has 0 unspecified atom stereocenters. The Hall–Kier alpha value is -2.20. The van der Waals surface area contributed by atoms with Crippen LogP contribution in [-0.4, -0.2) is 6.61 Å². The number of benzene rings is 2. The highest BCUT2D eigenvalue weighted by molar-refractivity contribution is 5.28. The van der Waals surface area contributed by atoms with E-state index in [1.54, 1.807) is 0 Å². The molecule has 0 spiro atoms. The van der Waals surface area contributed by atoms with Gasteiger partial charge in [0.25, 0.3) is 0 Å². The van der Waals surface area contributed by atoms with Crippen LogP contribution in [0, 0.1) is 11.8 Å². The molecule has 19 heavy (non-hydrogen) atoms. The van der Waals surface area contributed by atoms with E-state index in [4.69, 9.17) is 4.74 Å². The summed E-state index contributed by atoms with van der Waals surface area (Å²) in [5, 5.41) is 0. The summed E-state index contributed by atoms with van der Waals surface area (Å²) in [4.78, 5) is 0. The molecule has 1 heteroatoms. The Morgan fingerprint density at radius 1 is 0.947 bits per heavy atom. The first-order chi connectivity index (χ1) is 9.40. The third-order valence-electron chi connectivity index (χ3n) is 2.94. The summed E-state index contributed by atoms with van der Waals surface area (Å²) in [6, 6.07) is 20.2. The normalized spacial score (nSPS) is 11.2. The summed E-state index contributed by atoms with van der Waals surface area (Å²) in [6.45, 7) is 2.59. The van der Waals surface area contributed by atoms with E-state index in [-0.39, 0.29) is 0 Å². The molecule has 0 fully saturated rings. The average Bonchev–Trinajstić information content (AvgIpc) is 2.49. The Kier molecular flexibility index (Phi) is 5.07. The second-order valence-corrected chi connectivity index (χ2v) is 4.29. The number of hydrogen-bond acceptors (Lipinski definition) is 1. The molecule has 2 aromatic carbocycles. The largest absolute Gasteiger partial charge is 0.481 e. The zero-order valence-electron chi connectivity index (χ0n) is 11.2. The van der Waals surface area contributed by atoms with E-state index in [0.29, 0.717) is 12.5 Å². The van der Waals surface area contributed by atoms with Crippen molar-refractivity contribution in [1.82, 2.24) is 0 Å². The zero-order valence-corrected chi connectivity index (χ0v) is 11.2. The molecule has 0 saturated heterocycles. The molecule has 0 radical (unpaired) electrons. The molecule has 2 aromatic rings. The van der Waals surface area contributed by atoms with Crippen LogP contribution in [0.2, 0.25) is 0 Å². The van der Waals surface area contributed by atoms with E-state index in [9.17, 15) is 0 Å². The average molecular weight is 250 g/mol. The van der Waals surface area contributed by atoms with E-state index >= 15 is 0 Å². The van der Waals surface area contributed by atoms with Crippen molar-refractivity contribution in [3.05, 3.63) is 66.2 Å². The van der Waals surface area contributed by atoms with Crippen LogP contribution in [0.25, 0.3) is 0 Å². The molecule has 0 aromatic heterocycles. The van der Waals surface area contributed by atoms with Gasteiger partial charge in [-0.2, -0.15) is 0 Å². The molecule has 2 rings (SSSR count). The highest BCUT2D eigenvalue weighted by Gasteiger charge is 2.03. The van der Waals surface area contributed by atoms with Gasteiger partial charge < -0.3 is 4.74 Å². The van der Waals surface area contributed by atoms with Gasteiger partial charge in [0.1, 0.15) is 12.4 Å². The van der Waals surface area contributed by atoms with E-state index in [0.717, 1.165) is 12.2 Å². The summed E-state index contributed by atoms with van der Waals surface area (Å²) >= 11 is 0. The summed E-state index contributed by atoms with van der Waals surface area (Å²) in [6.07, 6.45) is 1.02. The van der Waals surface area contributed by atoms with Crippen molar-refractivity contribution < 1.29 is 4.74 Å². The fourth-order valence-corrected chi connectivity index (χ4v) is 1.91. The molecule has 0 aliphatic carbocycles. The van der Waals surface area contributed by atoms with Gasteiger partial charge in [-0.1, -0.05) is 67.3 Å². The standard InChI is InChI=1S/C18H18O/c1-2-16(17-10-5-3-6-11-17)12-9-15-19-18-13-7-4-8-14-18/h3-8,10-11,13-14,16H,2,15H2,1H3/t16-/m0/s1. The topological polar surface area (TPSA) is 9.23 Å². The van der Waals surface area contributed by atoms with E-state index in [1.165, 1.54) is 5.56 Å². The zero-order chi connectivity index (χ0) is 13.3. The van der Waals surface area contributed by atoms with Crippen LogP contribution in [0.3, 0.4) is 0 Å². The van der Waals surface area contributed by atoms with E-state index in [1.807, 2.05) is 36.4 Å². The maximum absolute atomic E-state index is 5.56. The molecule has 0 N–H and O–H groups in total. The second-order valence-electron chi connectivity index (χ2n) is 4.29. The van der Waals surface area contributed by atoms with Gasteiger partial charge in [0, 0.05) is 5.92 Å². The predicted octanol–water partition coefficient (Wildman–Crippen LogP) is 4.26. The first kappa shape index (κ1) is 13.2. The number of hydrogen-bond donors (Lipinski definition) is 0. The Balaban J connectivity index is 1.91. The summed E-state index contributed by atoms with van der Waals surface area (Å²) in [5.41, 5.74) is 1.28. The maximum Gasteiger partial charge on any atom is 0.149 e. The smallest absolute Gasteiger partial charge is 0.149 e. The quantitative estimate of drug-likeness (QED) is 0.737. The van der Waals surface area contributed by atoms with Crippen molar-refractivity contribution in [2.24, 2.45) is 0 Å². The number of ether oxygens (including phenoxy) is 1. The third-order valence-corrected chi connectivity index (χ3v) is 2.94. The predicted molar refractivity (Wildman–Crippen MR) is 79.2 cm³/mol. The minimum atomic E-state index is 0.292. The Morgan fingerprint density at radius 3 is 2.21 bits per heavy atom. The third kappa shape index (κ3) is 4.19. The minimum absolute atomic E-state index is 0.292. The Morgan fingerprint density at radius 2 is 1.58 bits per heavy atom. The van der Waals surface area contributed by atoms with Gasteiger partial charge >= 0.3 is 0 Å². The lowest BCUT2D eigenvalue weighted by molar-refractivity contribution is 0.370. The second kappa shape index (κ2) is 7.28. The lowest BCUT2D eigenvalue weighted by Crippen LogP contribution is -1.97. The molecule has 0 aliphatic rings. The molecule has 0 heterocycles. The lowest BCUT2D eigenvalue weighted by Gasteiger charge is -2.07. The monoisotopic (exact) mass is 250 g/mol. The van der Waals surface area contributed by atoms with Crippen LogP contribution in [0.1, 0.15) is 24.8 Å². The van der Waals surface area contributed by atoms with Crippen molar-refractivity contribution in [2.45, 2.75) is 19.3 Å². The van der Waals surface area contributed by atoms with Gasteiger partial charge in [-0.15, -0.1) is 0 Å². The van der Waals surface area contributed by atoms with Crippen LogP contribution >= 0.6 is 0 Å². The highest BCUT2D eigenvalue weighted by Crippen LogP contribution is 2.17. The summed E-state index contributed by atoms with van der Waals surface area (Å²) < 4.78 is 5.56. The molecular weight excluding hydrogens is 232 g/mol. The molecular formula is C18H18O. The van der Waals surface area contributed by atoms with Crippen LogP contribution in [0.15, 0.2) is 60.7 Å².